The fourth-order valence-electron chi connectivity index (χ4n) is 2.23. The third-order valence-corrected chi connectivity index (χ3v) is 3.28. The Kier molecular flexibility index (Phi) is 4.54. The highest BCUT2D eigenvalue weighted by Crippen LogP contribution is 2.32. The Labute approximate surface area is 97.8 Å². The molecule has 1 aliphatic carbocycles. The van der Waals surface area contributed by atoms with E-state index in [1.165, 1.54) is 6.42 Å². The van der Waals surface area contributed by atoms with Crippen molar-refractivity contribution < 1.29 is 14.3 Å². The molecule has 0 aliphatic heterocycles. The molecule has 16 heavy (non-hydrogen) atoms. The SMILES string of the molecule is C=C(C)C(=O)OC1(C)CCCCCC1OC. The van der Waals surface area contributed by atoms with E-state index in [2.05, 4.69) is 6.58 Å². The smallest absolute Gasteiger partial charge is 0.333 e. The summed E-state index contributed by atoms with van der Waals surface area (Å²) in [7, 11) is 1.68. The first-order chi connectivity index (χ1) is 7.49. The Morgan fingerprint density at radius 1 is 1.38 bits per heavy atom. The van der Waals surface area contributed by atoms with Gasteiger partial charge in [-0.2, -0.15) is 0 Å². The van der Waals surface area contributed by atoms with Gasteiger partial charge in [-0.1, -0.05) is 19.4 Å². The van der Waals surface area contributed by atoms with Crippen molar-refractivity contribution in [3.05, 3.63) is 12.2 Å². The molecule has 0 aromatic rings. The molecule has 1 aliphatic rings. The molecule has 0 saturated heterocycles. The van der Waals surface area contributed by atoms with Crippen molar-refractivity contribution in [1.29, 1.82) is 0 Å². The van der Waals surface area contributed by atoms with Crippen molar-refractivity contribution in [1.82, 2.24) is 0 Å². The summed E-state index contributed by atoms with van der Waals surface area (Å²) in [4.78, 5) is 11.6. The highest BCUT2D eigenvalue weighted by molar-refractivity contribution is 5.87. The summed E-state index contributed by atoms with van der Waals surface area (Å²) >= 11 is 0. The zero-order valence-corrected chi connectivity index (χ0v) is 10.5. The van der Waals surface area contributed by atoms with E-state index < -0.39 is 5.60 Å². The third-order valence-electron chi connectivity index (χ3n) is 3.28. The minimum atomic E-state index is -0.499. The van der Waals surface area contributed by atoms with Crippen LogP contribution in [0.3, 0.4) is 0 Å². The Hall–Kier alpha value is -0.830. The van der Waals surface area contributed by atoms with Crippen molar-refractivity contribution in [2.24, 2.45) is 0 Å². The first-order valence-electron chi connectivity index (χ1n) is 5.91. The van der Waals surface area contributed by atoms with Gasteiger partial charge in [-0.3, -0.25) is 0 Å². The lowest BCUT2D eigenvalue weighted by atomic mass is 9.93. The van der Waals surface area contributed by atoms with Crippen LogP contribution in [0.2, 0.25) is 0 Å². The van der Waals surface area contributed by atoms with E-state index in [1.807, 2.05) is 6.92 Å². The van der Waals surface area contributed by atoms with Crippen LogP contribution < -0.4 is 0 Å². The number of ether oxygens (including phenoxy) is 2. The standard InChI is InChI=1S/C13H22O3/c1-10(2)12(14)16-13(3)9-7-5-6-8-11(13)15-4/h11H,1,5-9H2,2-4H3. The summed E-state index contributed by atoms with van der Waals surface area (Å²) in [5, 5.41) is 0. The molecule has 1 saturated carbocycles. The lowest BCUT2D eigenvalue weighted by Crippen LogP contribution is -2.44. The maximum Gasteiger partial charge on any atom is 0.333 e. The zero-order valence-electron chi connectivity index (χ0n) is 10.5. The minimum absolute atomic E-state index is 0.00157. The van der Waals surface area contributed by atoms with Crippen molar-refractivity contribution in [2.75, 3.05) is 7.11 Å². The van der Waals surface area contributed by atoms with Gasteiger partial charge in [0.05, 0.1) is 6.10 Å². The number of esters is 1. The molecule has 1 rings (SSSR count). The van der Waals surface area contributed by atoms with E-state index in [0.29, 0.717) is 5.57 Å². The molecular weight excluding hydrogens is 204 g/mol. The fraction of sp³-hybridized carbons (Fsp3) is 0.769. The highest BCUT2D eigenvalue weighted by atomic mass is 16.6. The highest BCUT2D eigenvalue weighted by Gasteiger charge is 2.39. The Morgan fingerprint density at radius 3 is 2.62 bits per heavy atom. The summed E-state index contributed by atoms with van der Waals surface area (Å²) in [5.74, 6) is -0.313. The molecule has 0 spiro atoms. The minimum Gasteiger partial charge on any atom is -0.453 e. The van der Waals surface area contributed by atoms with Gasteiger partial charge in [-0.15, -0.1) is 0 Å². The van der Waals surface area contributed by atoms with E-state index in [4.69, 9.17) is 9.47 Å². The average molecular weight is 226 g/mol. The summed E-state index contributed by atoms with van der Waals surface area (Å²) in [6.07, 6.45) is 5.22. The van der Waals surface area contributed by atoms with Gasteiger partial charge >= 0.3 is 5.97 Å². The van der Waals surface area contributed by atoms with Gasteiger partial charge in [-0.25, -0.2) is 4.79 Å². The van der Waals surface area contributed by atoms with Gasteiger partial charge in [0.25, 0.3) is 0 Å². The van der Waals surface area contributed by atoms with Gasteiger partial charge in [0.2, 0.25) is 0 Å². The van der Waals surface area contributed by atoms with Crippen LogP contribution in [0, 0.1) is 0 Å². The average Bonchev–Trinajstić information content (AvgIpc) is 2.39. The molecular formula is C13H22O3. The van der Waals surface area contributed by atoms with Crippen LogP contribution in [0.1, 0.15) is 46.0 Å². The predicted octanol–water partition coefficient (Wildman–Crippen LogP) is 2.84. The molecule has 3 heteroatoms. The summed E-state index contributed by atoms with van der Waals surface area (Å²) in [5.41, 5.74) is -0.0540. The first-order valence-corrected chi connectivity index (χ1v) is 5.91. The summed E-state index contributed by atoms with van der Waals surface area (Å²) < 4.78 is 11.0. The third kappa shape index (κ3) is 3.08. The van der Waals surface area contributed by atoms with Crippen molar-refractivity contribution in [3.63, 3.8) is 0 Å². The van der Waals surface area contributed by atoms with E-state index in [1.54, 1.807) is 14.0 Å². The van der Waals surface area contributed by atoms with Crippen LogP contribution in [-0.4, -0.2) is 24.8 Å². The first kappa shape index (κ1) is 13.2. The lowest BCUT2D eigenvalue weighted by molar-refractivity contribution is -0.169. The molecule has 0 aromatic carbocycles. The molecule has 0 N–H and O–H groups in total. The molecule has 0 aromatic heterocycles. The zero-order chi connectivity index (χ0) is 12.2. The van der Waals surface area contributed by atoms with Crippen molar-refractivity contribution in [3.8, 4) is 0 Å². The topological polar surface area (TPSA) is 35.5 Å². The number of carbonyl (C=O) groups excluding carboxylic acids is 1. The molecule has 0 radical (unpaired) electrons. The lowest BCUT2D eigenvalue weighted by Gasteiger charge is -2.35. The predicted molar refractivity (Wildman–Crippen MR) is 63.2 cm³/mol. The molecule has 1 fully saturated rings. The Bertz CT molecular complexity index is 272. The van der Waals surface area contributed by atoms with E-state index in [-0.39, 0.29) is 12.1 Å². The summed E-state index contributed by atoms with van der Waals surface area (Å²) in [6.45, 7) is 7.25. The molecule has 3 nitrogen and oxygen atoms in total. The molecule has 2 atom stereocenters. The quantitative estimate of drug-likeness (QED) is 0.422. The molecule has 92 valence electrons. The number of methoxy groups -OCH3 is 1. The second-order valence-corrected chi connectivity index (χ2v) is 4.81. The molecule has 0 heterocycles. The van der Waals surface area contributed by atoms with Gasteiger partial charge in [-0.05, 0) is 33.1 Å². The summed E-state index contributed by atoms with van der Waals surface area (Å²) in [6, 6.07) is 0. The van der Waals surface area contributed by atoms with Gasteiger partial charge in [0.15, 0.2) is 0 Å². The van der Waals surface area contributed by atoms with Gasteiger partial charge < -0.3 is 9.47 Å². The Balaban J connectivity index is 2.76. The monoisotopic (exact) mass is 226 g/mol. The number of hydrogen-bond acceptors (Lipinski definition) is 3. The second kappa shape index (κ2) is 5.48. The normalized spacial score (nSPS) is 30.6. The largest absolute Gasteiger partial charge is 0.453 e. The van der Waals surface area contributed by atoms with Crippen LogP contribution >= 0.6 is 0 Å². The Morgan fingerprint density at radius 2 is 2.06 bits per heavy atom. The van der Waals surface area contributed by atoms with E-state index in [9.17, 15) is 4.79 Å². The van der Waals surface area contributed by atoms with E-state index in [0.717, 1.165) is 25.7 Å². The van der Waals surface area contributed by atoms with Crippen LogP contribution in [-0.2, 0) is 14.3 Å². The van der Waals surface area contributed by atoms with Gasteiger partial charge in [0, 0.05) is 12.7 Å². The molecule has 2 unspecified atom stereocenters. The molecule has 0 amide bonds. The fourth-order valence-corrected chi connectivity index (χ4v) is 2.23. The van der Waals surface area contributed by atoms with Crippen LogP contribution in [0.5, 0.6) is 0 Å². The maximum absolute atomic E-state index is 11.6. The molecule has 0 bridgehead atoms. The van der Waals surface area contributed by atoms with Crippen LogP contribution in [0.4, 0.5) is 0 Å². The van der Waals surface area contributed by atoms with Crippen LogP contribution in [0.25, 0.3) is 0 Å². The number of carbonyl (C=O) groups is 1. The van der Waals surface area contributed by atoms with E-state index >= 15 is 0 Å². The number of hydrogen-bond donors (Lipinski definition) is 0. The second-order valence-electron chi connectivity index (χ2n) is 4.81. The van der Waals surface area contributed by atoms with Crippen LogP contribution in [0.15, 0.2) is 12.2 Å². The number of rotatable bonds is 3. The maximum atomic E-state index is 11.6. The van der Waals surface area contributed by atoms with Crippen molar-refractivity contribution in [2.45, 2.75) is 57.7 Å². The van der Waals surface area contributed by atoms with Crippen molar-refractivity contribution >= 4 is 5.97 Å². The van der Waals surface area contributed by atoms with Gasteiger partial charge in [0.1, 0.15) is 5.60 Å².